The van der Waals surface area contributed by atoms with Gasteiger partial charge in [0, 0.05) is 25.2 Å². The summed E-state index contributed by atoms with van der Waals surface area (Å²) in [6, 6.07) is 20.3. The lowest BCUT2D eigenvalue weighted by Gasteiger charge is -2.29. The summed E-state index contributed by atoms with van der Waals surface area (Å²) >= 11 is 0. The average Bonchev–Trinajstić information content (AvgIpc) is 2.81. The van der Waals surface area contributed by atoms with Crippen LogP contribution in [0.5, 0.6) is 5.75 Å². The Hall–Kier alpha value is -3.18. The van der Waals surface area contributed by atoms with Gasteiger partial charge in [0.25, 0.3) is 5.91 Å². The normalized spacial score (nSPS) is 14.8. The molecule has 4 nitrogen and oxygen atoms in total. The zero-order chi connectivity index (χ0) is 22.5. The van der Waals surface area contributed by atoms with Crippen LogP contribution < -0.4 is 10.1 Å². The van der Waals surface area contributed by atoms with Crippen molar-refractivity contribution < 1.29 is 13.9 Å². The van der Waals surface area contributed by atoms with Crippen molar-refractivity contribution in [2.75, 3.05) is 20.1 Å². The van der Waals surface area contributed by atoms with Gasteiger partial charge in [-0.3, -0.25) is 4.79 Å². The first kappa shape index (κ1) is 22.0. The van der Waals surface area contributed by atoms with Crippen LogP contribution in [-0.2, 0) is 6.54 Å². The first-order chi connectivity index (χ1) is 15.5. The van der Waals surface area contributed by atoms with Crippen LogP contribution in [0.3, 0.4) is 0 Å². The van der Waals surface area contributed by atoms with E-state index in [1.54, 1.807) is 25.1 Å². The molecule has 5 heteroatoms. The molecule has 1 amide bonds. The van der Waals surface area contributed by atoms with E-state index in [0.29, 0.717) is 17.7 Å². The molecule has 0 radical (unpaired) electrons. The van der Waals surface area contributed by atoms with E-state index in [1.165, 1.54) is 6.07 Å². The maximum absolute atomic E-state index is 13.5. The van der Waals surface area contributed by atoms with E-state index < -0.39 is 0 Å². The summed E-state index contributed by atoms with van der Waals surface area (Å²) in [7, 11) is 2.14. The van der Waals surface area contributed by atoms with E-state index in [9.17, 15) is 9.18 Å². The van der Waals surface area contributed by atoms with Crippen molar-refractivity contribution in [3.05, 3.63) is 89.2 Å². The predicted octanol–water partition coefficient (Wildman–Crippen LogP) is 5.20. The van der Waals surface area contributed by atoms with Crippen molar-refractivity contribution >= 4 is 5.91 Å². The number of rotatable bonds is 6. The molecule has 3 aromatic rings. The summed E-state index contributed by atoms with van der Waals surface area (Å²) in [6.45, 7) is 4.29. The SMILES string of the molecule is Cc1cc(-c2ccc(C(=O)NCc3cccc(OC4CCN(C)CC4)c3)cc2)ccc1F. The minimum atomic E-state index is -0.217. The quantitative estimate of drug-likeness (QED) is 0.582. The summed E-state index contributed by atoms with van der Waals surface area (Å²) in [5.74, 6) is 0.504. The Morgan fingerprint density at radius 2 is 1.75 bits per heavy atom. The van der Waals surface area contributed by atoms with Crippen LogP contribution in [0.15, 0.2) is 66.7 Å². The van der Waals surface area contributed by atoms with E-state index in [2.05, 4.69) is 17.3 Å². The Kier molecular flexibility index (Phi) is 6.86. The van der Waals surface area contributed by atoms with Gasteiger partial charge in [0.05, 0.1) is 0 Å². The molecule has 0 aromatic heterocycles. The van der Waals surface area contributed by atoms with Crippen molar-refractivity contribution in [3.8, 4) is 16.9 Å². The molecule has 3 aromatic carbocycles. The highest BCUT2D eigenvalue weighted by Crippen LogP contribution is 2.23. The Morgan fingerprint density at radius 1 is 1.03 bits per heavy atom. The molecule has 1 aliphatic rings. The number of halogens is 1. The van der Waals surface area contributed by atoms with Gasteiger partial charge in [-0.15, -0.1) is 0 Å². The number of nitrogens with zero attached hydrogens (tertiary/aromatic N) is 1. The average molecular weight is 433 g/mol. The predicted molar refractivity (Wildman–Crippen MR) is 125 cm³/mol. The minimum Gasteiger partial charge on any atom is -0.490 e. The van der Waals surface area contributed by atoms with Gasteiger partial charge in [-0.1, -0.05) is 30.3 Å². The number of hydrogen-bond acceptors (Lipinski definition) is 3. The second-order valence-corrected chi connectivity index (χ2v) is 8.49. The number of aryl methyl sites for hydroxylation is 1. The maximum atomic E-state index is 13.5. The number of benzene rings is 3. The smallest absolute Gasteiger partial charge is 0.251 e. The molecule has 1 fully saturated rings. The van der Waals surface area contributed by atoms with Gasteiger partial charge >= 0.3 is 0 Å². The number of hydrogen-bond donors (Lipinski definition) is 1. The lowest BCUT2D eigenvalue weighted by molar-refractivity contribution is 0.0950. The molecule has 0 atom stereocenters. The molecular weight excluding hydrogens is 403 g/mol. The summed E-state index contributed by atoms with van der Waals surface area (Å²) in [5, 5.41) is 2.98. The molecule has 1 saturated heterocycles. The number of ether oxygens (including phenoxy) is 1. The van der Waals surface area contributed by atoms with Crippen LogP contribution in [0.4, 0.5) is 4.39 Å². The molecule has 0 aliphatic carbocycles. The van der Waals surface area contributed by atoms with Crippen LogP contribution >= 0.6 is 0 Å². The van der Waals surface area contributed by atoms with Crippen LogP contribution in [0, 0.1) is 12.7 Å². The molecule has 0 saturated carbocycles. The van der Waals surface area contributed by atoms with Crippen LogP contribution in [-0.4, -0.2) is 37.0 Å². The zero-order valence-electron chi connectivity index (χ0n) is 18.6. The molecule has 0 spiro atoms. The topological polar surface area (TPSA) is 41.6 Å². The molecule has 32 heavy (non-hydrogen) atoms. The monoisotopic (exact) mass is 432 g/mol. The van der Waals surface area contributed by atoms with Gasteiger partial charge in [-0.05, 0) is 85.5 Å². The molecule has 4 rings (SSSR count). The molecule has 0 bridgehead atoms. The van der Waals surface area contributed by atoms with Crippen molar-refractivity contribution in [1.82, 2.24) is 10.2 Å². The van der Waals surface area contributed by atoms with Crippen LogP contribution in [0.1, 0.15) is 34.3 Å². The second kappa shape index (κ2) is 9.96. The molecule has 1 heterocycles. The Labute approximate surface area is 189 Å². The van der Waals surface area contributed by atoms with E-state index >= 15 is 0 Å². The maximum Gasteiger partial charge on any atom is 0.251 e. The van der Waals surface area contributed by atoms with E-state index in [1.807, 2.05) is 42.5 Å². The summed E-state index contributed by atoms with van der Waals surface area (Å²) in [4.78, 5) is 14.9. The highest BCUT2D eigenvalue weighted by Gasteiger charge is 2.18. The third-order valence-corrected chi connectivity index (χ3v) is 5.96. The standard InChI is InChI=1S/C27H29FN2O2/c1-19-16-23(10-11-26(19)28)21-6-8-22(9-7-21)27(31)29-18-20-4-3-5-25(17-20)32-24-12-14-30(2)15-13-24/h3-11,16-17,24H,12-15,18H2,1-2H3,(H,29,31). The van der Waals surface area contributed by atoms with Gasteiger partial charge in [0.2, 0.25) is 0 Å². The first-order valence-electron chi connectivity index (χ1n) is 11.1. The summed E-state index contributed by atoms with van der Waals surface area (Å²) < 4.78 is 19.6. The Morgan fingerprint density at radius 3 is 2.47 bits per heavy atom. The number of piperidine rings is 1. The molecule has 166 valence electrons. The summed E-state index contributed by atoms with van der Waals surface area (Å²) in [5.41, 5.74) is 4.07. The lowest BCUT2D eigenvalue weighted by Crippen LogP contribution is -2.35. The Balaban J connectivity index is 1.34. The lowest BCUT2D eigenvalue weighted by atomic mass is 10.0. The van der Waals surface area contributed by atoms with E-state index in [0.717, 1.165) is 48.4 Å². The molecule has 1 aliphatic heterocycles. The number of amides is 1. The van der Waals surface area contributed by atoms with Crippen molar-refractivity contribution in [2.24, 2.45) is 0 Å². The molecule has 1 N–H and O–H groups in total. The fraction of sp³-hybridized carbons (Fsp3) is 0.296. The number of carbonyl (C=O) groups is 1. The summed E-state index contributed by atoms with van der Waals surface area (Å²) in [6.07, 6.45) is 2.31. The van der Waals surface area contributed by atoms with Crippen molar-refractivity contribution in [1.29, 1.82) is 0 Å². The highest BCUT2D eigenvalue weighted by molar-refractivity contribution is 5.94. The van der Waals surface area contributed by atoms with Gasteiger partial charge in [0.1, 0.15) is 17.7 Å². The molecule has 0 unspecified atom stereocenters. The fourth-order valence-corrected chi connectivity index (χ4v) is 3.95. The van der Waals surface area contributed by atoms with Crippen LogP contribution in [0.25, 0.3) is 11.1 Å². The fourth-order valence-electron chi connectivity index (χ4n) is 3.95. The first-order valence-corrected chi connectivity index (χ1v) is 11.1. The third-order valence-electron chi connectivity index (χ3n) is 5.96. The Bertz CT molecular complexity index is 1070. The minimum absolute atomic E-state index is 0.131. The van der Waals surface area contributed by atoms with Crippen molar-refractivity contribution in [2.45, 2.75) is 32.4 Å². The van der Waals surface area contributed by atoms with Gasteiger partial charge in [-0.2, -0.15) is 0 Å². The number of nitrogens with one attached hydrogen (secondary N) is 1. The third kappa shape index (κ3) is 5.54. The number of carbonyl (C=O) groups excluding carboxylic acids is 1. The van der Waals surface area contributed by atoms with E-state index in [4.69, 9.17) is 4.74 Å². The largest absolute Gasteiger partial charge is 0.490 e. The number of likely N-dealkylation sites (tertiary alicyclic amines) is 1. The van der Waals surface area contributed by atoms with Gasteiger partial charge in [0.15, 0.2) is 0 Å². The van der Waals surface area contributed by atoms with Gasteiger partial charge < -0.3 is 15.0 Å². The van der Waals surface area contributed by atoms with E-state index in [-0.39, 0.29) is 17.8 Å². The van der Waals surface area contributed by atoms with Crippen LogP contribution in [0.2, 0.25) is 0 Å². The zero-order valence-corrected chi connectivity index (χ0v) is 18.6. The highest BCUT2D eigenvalue weighted by atomic mass is 19.1. The van der Waals surface area contributed by atoms with Gasteiger partial charge in [-0.25, -0.2) is 4.39 Å². The molecular formula is C27H29FN2O2. The second-order valence-electron chi connectivity index (χ2n) is 8.49. The van der Waals surface area contributed by atoms with Crippen molar-refractivity contribution in [3.63, 3.8) is 0 Å².